The molecular formula is C12H11N3O2S. The highest BCUT2D eigenvalue weighted by molar-refractivity contribution is 7.99. The lowest BCUT2D eigenvalue weighted by Crippen LogP contribution is -2.35. The third kappa shape index (κ3) is 1.57. The number of nitrogens with zero attached hydrogens (tertiary/aromatic N) is 1. The highest BCUT2D eigenvalue weighted by Gasteiger charge is 2.20. The molecule has 0 radical (unpaired) electrons. The minimum atomic E-state index is -0.399. The first-order chi connectivity index (χ1) is 8.56. The van der Waals surface area contributed by atoms with Crippen LogP contribution >= 0.6 is 11.8 Å². The van der Waals surface area contributed by atoms with Crippen LogP contribution in [0.3, 0.4) is 0 Å². The molecule has 1 aromatic carbocycles. The van der Waals surface area contributed by atoms with Gasteiger partial charge < -0.3 is 5.32 Å². The van der Waals surface area contributed by atoms with E-state index < -0.39 is 5.69 Å². The van der Waals surface area contributed by atoms with Gasteiger partial charge in [-0.15, -0.1) is 0 Å². The van der Waals surface area contributed by atoms with Gasteiger partial charge in [0.15, 0.2) is 0 Å². The topological polar surface area (TPSA) is 66.9 Å². The first-order valence-corrected chi connectivity index (χ1v) is 6.27. The molecule has 0 amide bonds. The Morgan fingerprint density at radius 2 is 2.06 bits per heavy atom. The van der Waals surface area contributed by atoms with E-state index in [0.29, 0.717) is 10.7 Å². The van der Waals surface area contributed by atoms with E-state index in [-0.39, 0.29) is 5.56 Å². The van der Waals surface area contributed by atoms with Crippen LogP contribution in [0, 0.1) is 6.92 Å². The number of aromatic nitrogens is 2. The standard InChI is InChI=1S/C12H11N3O2S/c1-6-3-4-7-8(5-6)18-10-9(13-7)11(16)15(2)12(17)14-10/h3-5,13H,1-2H3,(H,14,17). The van der Waals surface area contributed by atoms with Gasteiger partial charge in [0.1, 0.15) is 10.7 Å². The van der Waals surface area contributed by atoms with Gasteiger partial charge in [-0.1, -0.05) is 17.8 Å². The van der Waals surface area contributed by atoms with Crippen LogP contribution in [0.2, 0.25) is 0 Å². The fourth-order valence-electron chi connectivity index (χ4n) is 1.85. The zero-order valence-electron chi connectivity index (χ0n) is 9.90. The average molecular weight is 261 g/mol. The summed E-state index contributed by atoms with van der Waals surface area (Å²) in [5.41, 5.74) is 1.75. The van der Waals surface area contributed by atoms with Crippen molar-refractivity contribution in [1.29, 1.82) is 0 Å². The maximum Gasteiger partial charge on any atom is 0.329 e. The van der Waals surface area contributed by atoms with Crippen LogP contribution in [0.4, 0.5) is 11.4 Å². The van der Waals surface area contributed by atoms with Crippen molar-refractivity contribution < 1.29 is 0 Å². The number of fused-ring (bicyclic) bond motifs is 2. The van der Waals surface area contributed by atoms with Crippen molar-refractivity contribution in [3.63, 3.8) is 0 Å². The van der Waals surface area contributed by atoms with E-state index in [4.69, 9.17) is 0 Å². The zero-order chi connectivity index (χ0) is 12.9. The second-order valence-corrected chi connectivity index (χ2v) is 5.28. The lowest BCUT2D eigenvalue weighted by molar-refractivity contribution is 0.752. The molecule has 0 bridgehead atoms. The van der Waals surface area contributed by atoms with E-state index in [2.05, 4.69) is 10.3 Å². The van der Waals surface area contributed by atoms with Crippen LogP contribution in [-0.4, -0.2) is 9.55 Å². The van der Waals surface area contributed by atoms with E-state index in [9.17, 15) is 9.59 Å². The minimum Gasteiger partial charge on any atom is -0.348 e. The van der Waals surface area contributed by atoms with Gasteiger partial charge in [0.2, 0.25) is 0 Å². The molecule has 1 aliphatic rings. The molecule has 18 heavy (non-hydrogen) atoms. The molecule has 1 aromatic heterocycles. The number of hydrogen-bond acceptors (Lipinski definition) is 4. The van der Waals surface area contributed by atoms with Gasteiger partial charge in [-0.3, -0.25) is 14.3 Å². The van der Waals surface area contributed by atoms with Crippen LogP contribution in [0.1, 0.15) is 5.56 Å². The summed E-state index contributed by atoms with van der Waals surface area (Å²) in [5, 5.41) is 3.65. The van der Waals surface area contributed by atoms with Crippen LogP contribution in [-0.2, 0) is 7.05 Å². The number of aromatic amines is 1. The van der Waals surface area contributed by atoms with Gasteiger partial charge in [0, 0.05) is 11.9 Å². The Morgan fingerprint density at radius 3 is 2.83 bits per heavy atom. The van der Waals surface area contributed by atoms with Crippen molar-refractivity contribution >= 4 is 23.1 Å². The summed E-state index contributed by atoms with van der Waals surface area (Å²) < 4.78 is 1.06. The Hall–Kier alpha value is -1.95. The number of aryl methyl sites for hydroxylation is 1. The van der Waals surface area contributed by atoms with Gasteiger partial charge in [0.25, 0.3) is 5.56 Å². The molecule has 0 fully saturated rings. The molecule has 2 aromatic rings. The number of anilines is 2. The molecule has 0 spiro atoms. The van der Waals surface area contributed by atoms with E-state index in [1.165, 1.54) is 18.8 Å². The van der Waals surface area contributed by atoms with Crippen LogP contribution < -0.4 is 16.6 Å². The second kappa shape index (κ2) is 3.78. The van der Waals surface area contributed by atoms with Crippen molar-refractivity contribution in [3.05, 3.63) is 44.6 Å². The normalized spacial score (nSPS) is 12.6. The smallest absolute Gasteiger partial charge is 0.329 e. The molecule has 0 saturated heterocycles. The zero-order valence-corrected chi connectivity index (χ0v) is 10.7. The summed E-state index contributed by atoms with van der Waals surface area (Å²) >= 11 is 1.40. The largest absolute Gasteiger partial charge is 0.348 e. The molecule has 2 N–H and O–H groups in total. The summed E-state index contributed by atoms with van der Waals surface area (Å²) in [6, 6.07) is 5.93. The number of rotatable bonds is 0. The predicted octanol–water partition coefficient (Wildman–Crippen LogP) is 1.59. The van der Waals surface area contributed by atoms with Crippen LogP contribution in [0.25, 0.3) is 0 Å². The van der Waals surface area contributed by atoms with Crippen molar-refractivity contribution in [1.82, 2.24) is 9.55 Å². The highest BCUT2D eigenvalue weighted by Crippen LogP contribution is 2.41. The first-order valence-electron chi connectivity index (χ1n) is 5.45. The molecule has 2 heterocycles. The minimum absolute atomic E-state index is 0.313. The molecule has 6 heteroatoms. The van der Waals surface area contributed by atoms with Gasteiger partial charge in [0.05, 0.1) is 5.69 Å². The van der Waals surface area contributed by atoms with Crippen molar-refractivity contribution in [2.24, 2.45) is 7.05 Å². The SMILES string of the molecule is Cc1ccc2c(c1)Sc1[nH]c(=O)n(C)c(=O)c1N2. The molecule has 0 aliphatic carbocycles. The van der Waals surface area contributed by atoms with Crippen molar-refractivity contribution in [2.75, 3.05) is 5.32 Å². The molecule has 3 rings (SSSR count). The van der Waals surface area contributed by atoms with E-state index >= 15 is 0 Å². The lowest BCUT2D eigenvalue weighted by Gasteiger charge is -2.20. The van der Waals surface area contributed by atoms with Crippen LogP contribution in [0.15, 0.2) is 37.7 Å². The van der Waals surface area contributed by atoms with E-state index in [1.54, 1.807) is 0 Å². The molecular weight excluding hydrogens is 250 g/mol. The first kappa shape index (κ1) is 11.2. The van der Waals surface area contributed by atoms with E-state index in [1.807, 2.05) is 25.1 Å². The number of benzene rings is 1. The number of nitrogens with one attached hydrogen (secondary N) is 2. The third-order valence-corrected chi connectivity index (χ3v) is 3.95. The fourth-order valence-corrected chi connectivity index (χ4v) is 2.92. The Balaban J connectivity index is 2.23. The Kier molecular flexibility index (Phi) is 2.34. The van der Waals surface area contributed by atoms with E-state index in [0.717, 1.165) is 20.7 Å². The fraction of sp³-hybridized carbons (Fsp3) is 0.167. The highest BCUT2D eigenvalue weighted by atomic mass is 32.2. The van der Waals surface area contributed by atoms with Gasteiger partial charge >= 0.3 is 5.69 Å². The average Bonchev–Trinajstić information content (AvgIpc) is 2.34. The summed E-state index contributed by atoms with van der Waals surface area (Å²) in [6.07, 6.45) is 0. The molecule has 5 nitrogen and oxygen atoms in total. The molecule has 0 saturated carbocycles. The summed E-state index contributed by atoms with van der Waals surface area (Å²) in [5.74, 6) is 0. The predicted molar refractivity (Wildman–Crippen MR) is 70.9 cm³/mol. The summed E-state index contributed by atoms with van der Waals surface area (Å²) in [7, 11) is 1.46. The molecule has 1 aliphatic heterocycles. The van der Waals surface area contributed by atoms with Crippen molar-refractivity contribution in [3.8, 4) is 0 Å². The molecule has 92 valence electrons. The van der Waals surface area contributed by atoms with Gasteiger partial charge in [-0.2, -0.15) is 0 Å². The maximum atomic E-state index is 12.0. The quantitative estimate of drug-likeness (QED) is 0.603. The van der Waals surface area contributed by atoms with Crippen LogP contribution in [0.5, 0.6) is 0 Å². The number of hydrogen-bond donors (Lipinski definition) is 2. The third-order valence-electron chi connectivity index (χ3n) is 2.88. The maximum absolute atomic E-state index is 12.0. The second-order valence-electron chi connectivity index (χ2n) is 4.23. The van der Waals surface area contributed by atoms with Gasteiger partial charge in [-0.25, -0.2) is 4.79 Å². The molecule has 0 unspecified atom stereocenters. The lowest BCUT2D eigenvalue weighted by atomic mass is 10.2. The monoisotopic (exact) mass is 261 g/mol. The summed E-state index contributed by atoms with van der Waals surface area (Å²) in [6.45, 7) is 2.00. The molecule has 0 atom stereocenters. The Labute approximate surface area is 107 Å². The Morgan fingerprint density at radius 1 is 1.28 bits per heavy atom. The number of H-pyrrole nitrogens is 1. The summed E-state index contributed by atoms with van der Waals surface area (Å²) in [4.78, 5) is 27.2. The van der Waals surface area contributed by atoms with Crippen molar-refractivity contribution in [2.45, 2.75) is 16.8 Å². The Bertz CT molecular complexity index is 761. The van der Waals surface area contributed by atoms with Gasteiger partial charge in [-0.05, 0) is 24.6 Å².